The number of nitriles is 1. The van der Waals surface area contributed by atoms with E-state index in [2.05, 4.69) is 15.8 Å². The Morgan fingerprint density at radius 3 is 2.58 bits per heavy atom. The maximum absolute atomic E-state index is 12.0. The van der Waals surface area contributed by atoms with Gasteiger partial charge >= 0.3 is 0 Å². The third kappa shape index (κ3) is 6.99. The predicted octanol–water partition coefficient (Wildman–Crippen LogP) is 3.02. The van der Waals surface area contributed by atoms with Gasteiger partial charge in [0.2, 0.25) is 5.91 Å². The van der Waals surface area contributed by atoms with Crippen LogP contribution in [0.5, 0.6) is 11.5 Å². The van der Waals surface area contributed by atoms with Gasteiger partial charge < -0.3 is 9.47 Å². The zero-order valence-electron chi connectivity index (χ0n) is 16.1. The second kappa shape index (κ2) is 11.0. The quantitative estimate of drug-likeness (QED) is 0.504. The van der Waals surface area contributed by atoms with Gasteiger partial charge in [0, 0.05) is 10.4 Å². The van der Waals surface area contributed by atoms with Gasteiger partial charge in [-0.05, 0) is 36.4 Å². The number of ether oxygens (including phenoxy) is 2. The number of nitrogens with one attached hydrogen (secondary N) is 2. The van der Waals surface area contributed by atoms with E-state index in [4.69, 9.17) is 26.3 Å². The van der Waals surface area contributed by atoms with Crippen LogP contribution in [0, 0.1) is 11.3 Å². The smallest absolute Gasteiger partial charge is 0.276 e. The maximum atomic E-state index is 12.0. The topological polar surface area (TPSA) is 113 Å². The van der Waals surface area contributed by atoms with Crippen molar-refractivity contribution in [1.29, 1.82) is 5.26 Å². The van der Waals surface area contributed by atoms with Crippen molar-refractivity contribution in [2.24, 2.45) is 0 Å². The summed E-state index contributed by atoms with van der Waals surface area (Å²) in [6.45, 7) is -0.0754. The number of benzene rings is 2. The third-order valence-electron chi connectivity index (χ3n) is 3.82. The molecule has 0 bridgehead atoms. The molecule has 158 valence electrons. The molecule has 10 heteroatoms. The first-order chi connectivity index (χ1) is 15.0. The van der Waals surface area contributed by atoms with Crippen molar-refractivity contribution in [1.82, 2.24) is 15.8 Å². The number of amides is 2. The Hall–Kier alpha value is -3.61. The summed E-state index contributed by atoms with van der Waals surface area (Å²) < 4.78 is 10.9. The van der Waals surface area contributed by atoms with Crippen molar-refractivity contribution < 1.29 is 19.1 Å². The van der Waals surface area contributed by atoms with E-state index in [0.717, 1.165) is 0 Å². The van der Waals surface area contributed by atoms with Gasteiger partial charge in [-0.3, -0.25) is 20.4 Å². The van der Waals surface area contributed by atoms with E-state index in [9.17, 15) is 9.59 Å². The van der Waals surface area contributed by atoms with Crippen LogP contribution in [-0.2, 0) is 22.6 Å². The minimum Gasteiger partial charge on any atom is -0.486 e. The number of carbonyl (C=O) groups excluding carboxylic acids is 2. The van der Waals surface area contributed by atoms with E-state index >= 15 is 0 Å². The molecule has 2 N–H and O–H groups in total. The van der Waals surface area contributed by atoms with Gasteiger partial charge in [-0.15, -0.1) is 11.3 Å². The summed E-state index contributed by atoms with van der Waals surface area (Å²) in [5.41, 5.74) is 5.45. The lowest BCUT2D eigenvalue weighted by atomic mass is 10.2. The highest BCUT2D eigenvalue weighted by Gasteiger charge is 2.11. The number of thiazole rings is 1. The van der Waals surface area contributed by atoms with Gasteiger partial charge in [0.25, 0.3) is 5.91 Å². The van der Waals surface area contributed by atoms with Crippen LogP contribution in [0.15, 0.2) is 53.9 Å². The van der Waals surface area contributed by atoms with Gasteiger partial charge in [-0.1, -0.05) is 23.7 Å². The molecule has 1 aromatic heterocycles. The molecule has 2 amide bonds. The minimum atomic E-state index is -0.559. The lowest BCUT2D eigenvalue weighted by Gasteiger charge is -2.09. The monoisotopic (exact) mass is 456 g/mol. The standard InChI is InChI=1S/C21H17ClN4O4S/c22-15-5-7-17(8-6-15)29-12-21-24-16(13-31-21)9-19(27)25-26-20(28)11-30-18-4-2-1-3-14(18)10-23/h1-8,13H,9,11-12H2,(H,25,27)(H,26,28). The second-order valence-corrected chi connectivity index (χ2v) is 7.52. The lowest BCUT2D eigenvalue weighted by Crippen LogP contribution is -2.44. The predicted molar refractivity (Wildman–Crippen MR) is 115 cm³/mol. The molecule has 3 aromatic rings. The van der Waals surface area contributed by atoms with Crippen LogP contribution < -0.4 is 20.3 Å². The number of carbonyl (C=O) groups is 2. The zero-order chi connectivity index (χ0) is 22.1. The first-order valence-corrected chi connectivity index (χ1v) is 10.3. The van der Waals surface area contributed by atoms with E-state index in [1.165, 1.54) is 11.3 Å². The molecule has 0 fully saturated rings. The molecule has 0 aliphatic rings. The first kappa shape index (κ1) is 22.1. The molecule has 31 heavy (non-hydrogen) atoms. The Morgan fingerprint density at radius 1 is 1.06 bits per heavy atom. The molecule has 2 aromatic carbocycles. The maximum Gasteiger partial charge on any atom is 0.276 e. The van der Waals surface area contributed by atoms with Crippen LogP contribution in [0.25, 0.3) is 0 Å². The van der Waals surface area contributed by atoms with E-state index < -0.39 is 11.8 Å². The SMILES string of the molecule is N#Cc1ccccc1OCC(=O)NNC(=O)Cc1csc(COc2ccc(Cl)cc2)n1. The van der Waals surface area contributed by atoms with Gasteiger partial charge in [-0.2, -0.15) is 5.26 Å². The number of hydrazine groups is 1. The highest BCUT2D eigenvalue weighted by molar-refractivity contribution is 7.09. The Morgan fingerprint density at radius 2 is 1.81 bits per heavy atom. The molecule has 0 saturated carbocycles. The summed E-state index contributed by atoms with van der Waals surface area (Å²) in [6.07, 6.45) is -0.00412. The number of hydrogen-bond acceptors (Lipinski definition) is 7. The molecular formula is C21H17ClN4O4S. The largest absolute Gasteiger partial charge is 0.486 e. The van der Waals surface area contributed by atoms with Crippen molar-refractivity contribution in [2.45, 2.75) is 13.0 Å². The highest BCUT2D eigenvalue weighted by atomic mass is 35.5. The molecule has 1 heterocycles. The third-order valence-corrected chi connectivity index (χ3v) is 4.95. The van der Waals surface area contributed by atoms with Crippen molar-refractivity contribution in [3.63, 3.8) is 0 Å². The minimum absolute atomic E-state index is 0.00412. The van der Waals surface area contributed by atoms with E-state index in [-0.39, 0.29) is 19.6 Å². The molecular weight excluding hydrogens is 440 g/mol. The van der Waals surface area contributed by atoms with Crippen molar-refractivity contribution in [2.75, 3.05) is 6.61 Å². The molecule has 0 aliphatic carbocycles. The summed E-state index contributed by atoms with van der Waals surface area (Å²) in [5, 5.41) is 12.1. The fraction of sp³-hybridized carbons (Fsp3) is 0.143. The van der Waals surface area contributed by atoms with Crippen LogP contribution >= 0.6 is 22.9 Å². The average molecular weight is 457 g/mol. The molecule has 0 spiro atoms. The van der Waals surface area contributed by atoms with Crippen LogP contribution in [0.3, 0.4) is 0 Å². The fourth-order valence-electron chi connectivity index (χ4n) is 2.38. The average Bonchev–Trinajstić information content (AvgIpc) is 3.23. The lowest BCUT2D eigenvalue weighted by molar-refractivity contribution is -0.129. The summed E-state index contributed by atoms with van der Waals surface area (Å²) in [4.78, 5) is 28.2. The molecule has 0 aliphatic heterocycles. The summed E-state index contributed by atoms with van der Waals surface area (Å²) in [7, 11) is 0. The Kier molecular flexibility index (Phi) is 7.81. The molecule has 0 unspecified atom stereocenters. The number of nitrogens with zero attached hydrogens (tertiary/aromatic N) is 2. The van der Waals surface area contributed by atoms with Crippen LogP contribution in [0.1, 0.15) is 16.3 Å². The molecule has 0 saturated heterocycles. The van der Waals surface area contributed by atoms with E-state index in [1.807, 2.05) is 6.07 Å². The molecule has 3 rings (SSSR count). The van der Waals surface area contributed by atoms with Gasteiger partial charge in [-0.25, -0.2) is 4.98 Å². The van der Waals surface area contributed by atoms with Gasteiger partial charge in [0.15, 0.2) is 6.61 Å². The zero-order valence-corrected chi connectivity index (χ0v) is 17.7. The highest BCUT2D eigenvalue weighted by Crippen LogP contribution is 2.18. The van der Waals surface area contributed by atoms with Gasteiger partial charge in [0.05, 0.1) is 17.7 Å². The normalized spacial score (nSPS) is 10.1. The Balaban J connectivity index is 1.39. The summed E-state index contributed by atoms with van der Waals surface area (Å²) in [5.74, 6) is -0.0267. The van der Waals surface area contributed by atoms with Crippen molar-refractivity contribution in [3.8, 4) is 17.6 Å². The summed E-state index contributed by atoms with van der Waals surface area (Å²) >= 11 is 7.21. The molecule has 0 radical (unpaired) electrons. The van der Waals surface area contributed by atoms with Crippen LogP contribution in [0.4, 0.5) is 0 Å². The summed E-state index contributed by atoms with van der Waals surface area (Å²) in [6, 6.07) is 15.5. The van der Waals surface area contributed by atoms with Crippen molar-refractivity contribution in [3.05, 3.63) is 75.2 Å². The van der Waals surface area contributed by atoms with Crippen LogP contribution in [-0.4, -0.2) is 23.4 Å². The van der Waals surface area contributed by atoms with Gasteiger partial charge in [0.1, 0.15) is 29.2 Å². The second-order valence-electron chi connectivity index (χ2n) is 6.14. The number of aromatic nitrogens is 1. The molecule has 0 atom stereocenters. The number of halogens is 1. The first-order valence-electron chi connectivity index (χ1n) is 9.05. The fourth-order valence-corrected chi connectivity index (χ4v) is 3.22. The number of rotatable bonds is 8. The molecule has 8 nitrogen and oxygen atoms in total. The Labute approximate surface area is 187 Å². The Bertz CT molecular complexity index is 1100. The van der Waals surface area contributed by atoms with Crippen molar-refractivity contribution >= 4 is 34.8 Å². The van der Waals surface area contributed by atoms with Crippen LogP contribution in [0.2, 0.25) is 5.02 Å². The number of hydrogen-bond donors (Lipinski definition) is 2. The number of para-hydroxylation sites is 1. The van der Waals surface area contributed by atoms with E-state index in [1.54, 1.807) is 53.9 Å². The van der Waals surface area contributed by atoms with E-state index in [0.29, 0.717) is 32.8 Å².